The van der Waals surface area contributed by atoms with Crippen LogP contribution >= 0.6 is 0 Å². The number of fused-ring (bicyclic) bond motifs is 2. The van der Waals surface area contributed by atoms with Crippen LogP contribution in [0.1, 0.15) is 18.8 Å². The number of hydrogen-bond donors (Lipinski definition) is 2. The van der Waals surface area contributed by atoms with Gasteiger partial charge in [0, 0.05) is 6.20 Å². The van der Waals surface area contributed by atoms with Gasteiger partial charge in [0.25, 0.3) is 5.56 Å². The van der Waals surface area contributed by atoms with Gasteiger partial charge < -0.3 is 10.3 Å². The highest BCUT2D eigenvalue weighted by molar-refractivity contribution is 5.82. The SMILES string of the molecule is C[C@H](Nc1ncnc2nc[nH]c12)c1nn2cccc2c(=O)n1-c1ccccc1. The number of hydrogen-bond acceptors (Lipinski definition) is 6. The molecule has 1 aromatic carbocycles. The van der Waals surface area contributed by atoms with Gasteiger partial charge in [-0.2, -0.15) is 5.10 Å². The maximum atomic E-state index is 13.2. The Morgan fingerprint density at radius 1 is 1.07 bits per heavy atom. The monoisotopic (exact) mass is 372 g/mol. The lowest BCUT2D eigenvalue weighted by molar-refractivity contribution is 0.673. The third kappa shape index (κ3) is 2.52. The Hall–Kier alpha value is -4.01. The van der Waals surface area contributed by atoms with E-state index in [1.807, 2.05) is 37.3 Å². The van der Waals surface area contributed by atoms with E-state index in [0.717, 1.165) is 5.69 Å². The zero-order valence-electron chi connectivity index (χ0n) is 14.9. The first kappa shape index (κ1) is 16.2. The van der Waals surface area contributed by atoms with Crippen LogP contribution in [0, 0.1) is 0 Å². The summed E-state index contributed by atoms with van der Waals surface area (Å²) >= 11 is 0. The van der Waals surface area contributed by atoms with E-state index in [-0.39, 0.29) is 11.6 Å². The van der Waals surface area contributed by atoms with Crippen molar-refractivity contribution in [3.63, 3.8) is 0 Å². The van der Waals surface area contributed by atoms with Crippen LogP contribution in [-0.2, 0) is 0 Å². The molecule has 0 saturated heterocycles. The van der Waals surface area contributed by atoms with Crippen molar-refractivity contribution in [2.45, 2.75) is 13.0 Å². The van der Waals surface area contributed by atoms with Crippen LogP contribution in [0.4, 0.5) is 5.82 Å². The van der Waals surface area contributed by atoms with Crippen molar-refractivity contribution >= 4 is 22.5 Å². The highest BCUT2D eigenvalue weighted by Crippen LogP contribution is 2.22. The zero-order chi connectivity index (χ0) is 19.1. The molecule has 28 heavy (non-hydrogen) atoms. The topological polar surface area (TPSA) is 106 Å². The van der Waals surface area contributed by atoms with E-state index in [4.69, 9.17) is 0 Å². The van der Waals surface area contributed by atoms with Crippen molar-refractivity contribution in [1.82, 2.24) is 34.1 Å². The Labute approximate surface area is 158 Å². The van der Waals surface area contributed by atoms with Crippen LogP contribution in [0.15, 0.2) is 66.1 Å². The molecular formula is C19H16N8O. The zero-order valence-corrected chi connectivity index (χ0v) is 14.9. The van der Waals surface area contributed by atoms with Crippen molar-refractivity contribution in [2.24, 2.45) is 0 Å². The van der Waals surface area contributed by atoms with Crippen LogP contribution in [0.2, 0.25) is 0 Å². The normalized spacial score (nSPS) is 12.5. The Kier molecular flexibility index (Phi) is 3.64. The summed E-state index contributed by atoms with van der Waals surface area (Å²) in [5.74, 6) is 1.16. The number of imidazole rings is 1. The van der Waals surface area contributed by atoms with Gasteiger partial charge in [-0.05, 0) is 31.2 Å². The fourth-order valence-corrected chi connectivity index (χ4v) is 3.25. The minimum Gasteiger partial charge on any atom is -0.358 e. The Morgan fingerprint density at radius 3 is 2.79 bits per heavy atom. The van der Waals surface area contributed by atoms with E-state index in [0.29, 0.717) is 28.3 Å². The smallest absolute Gasteiger partial charge is 0.282 e. The number of H-pyrrole nitrogens is 1. The summed E-state index contributed by atoms with van der Waals surface area (Å²) in [4.78, 5) is 28.8. The van der Waals surface area contributed by atoms with Gasteiger partial charge in [0.1, 0.15) is 17.4 Å². The number of aromatic amines is 1. The lowest BCUT2D eigenvalue weighted by Crippen LogP contribution is -2.29. The first-order valence-electron chi connectivity index (χ1n) is 8.79. The van der Waals surface area contributed by atoms with Gasteiger partial charge in [-0.1, -0.05) is 18.2 Å². The molecule has 5 rings (SSSR count). The average Bonchev–Trinajstić information content (AvgIpc) is 3.38. The summed E-state index contributed by atoms with van der Waals surface area (Å²) < 4.78 is 3.22. The van der Waals surface area contributed by atoms with Crippen molar-refractivity contribution in [2.75, 3.05) is 5.32 Å². The van der Waals surface area contributed by atoms with Gasteiger partial charge in [-0.3, -0.25) is 9.36 Å². The predicted octanol–water partition coefficient (Wildman–Crippen LogP) is 2.32. The van der Waals surface area contributed by atoms with Crippen molar-refractivity contribution in [3.8, 4) is 5.69 Å². The molecule has 138 valence electrons. The second-order valence-electron chi connectivity index (χ2n) is 6.36. The van der Waals surface area contributed by atoms with Gasteiger partial charge in [0.05, 0.1) is 18.1 Å². The van der Waals surface area contributed by atoms with Crippen LogP contribution in [0.25, 0.3) is 22.4 Å². The van der Waals surface area contributed by atoms with Crippen LogP contribution in [-0.4, -0.2) is 34.1 Å². The fraction of sp³-hybridized carbons (Fsp3) is 0.105. The lowest BCUT2D eigenvalue weighted by atomic mass is 10.2. The molecule has 4 aromatic heterocycles. The molecule has 0 aliphatic rings. The largest absolute Gasteiger partial charge is 0.358 e. The molecule has 9 heteroatoms. The first-order valence-corrected chi connectivity index (χ1v) is 8.79. The van der Waals surface area contributed by atoms with E-state index in [1.165, 1.54) is 6.33 Å². The molecular weight excluding hydrogens is 356 g/mol. The number of benzene rings is 1. The van der Waals surface area contributed by atoms with Crippen molar-refractivity contribution in [1.29, 1.82) is 0 Å². The van der Waals surface area contributed by atoms with Crippen LogP contribution < -0.4 is 10.9 Å². The third-order valence-corrected chi connectivity index (χ3v) is 4.57. The predicted molar refractivity (Wildman–Crippen MR) is 105 cm³/mol. The molecule has 0 spiro atoms. The average molecular weight is 372 g/mol. The Balaban J connectivity index is 1.67. The molecule has 9 nitrogen and oxygen atoms in total. The van der Waals surface area contributed by atoms with Gasteiger partial charge >= 0.3 is 0 Å². The second kappa shape index (κ2) is 6.31. The Bertz CT molecular complexity index is 1330. The molecule has 0 radical (unpaired) electrons. The number of anilines is 1. The van der Waals surface area contributed by atoms with Gasteiger partial charge in [0.15, 0.2) is 17.3 Å². The summed E-state index contributed by atoms with van der Waals surface area (Å²) in [5, 5.41) is 8.01. The van der Waals surface area contributed by atoms with Crippen molar-refractivity contribution in [3.05, 3.63) is 77.5 Å². The van der Waals surface area contributed by atoms with E-state index < -0.39 is 0 Å². The minimum absolute atomic E-state index is 0.135. The van der Waals surface area contributed by atoms with E-state index >= 15 is 0 Å². The molecule has 0 fully saturated rings. The quantitative estimate of drug-likeness (QED) is 0.502. The van der Waals surface area contributed by atoms with E-state index in [1.54, 1.807) is 33.7 Å². The Morgan fingerprint density at radius 2 is 1.93 bits per heavy atom. The third-order valence-electron chi connectivity index (χ3n) is 4.57. The number of aromatic nitrogens is 7. The highest BCUT2D eigenvalue weighted by Gasteiger charge is 2.19. The van der Waals surface area contributed by atoms with E-state index in [9.17, 15) is 4.79 Å². The first-order chi connectivity index (χ1) is 13.7. The number of para-hydroxylation sites is 1. The molecule has 2 N–H and O–H groups in total. The maximum Gasteiger partial charge on any atom is 0.282 e. The van der Waals surface area contributed by atoms with Crippen LogP contribution in [0.5, 0.6) is 0 Å². The van der Waals surface area contributed by atoms with Crippen LogP contribution in [0.3, 0.4) is 0 Å². The summed E-state index contributed by atoms with van der Waals surface area (Å²) in [6.45, 7) is 1.93. The van der Waals surface area contributed by atoms with Crippen molar-refractivity contribution < 1.29 is 0 Å². The maximum absolute atomic E-state index is 13.2. The molecule has 5 aromatic rings. The summed E-state index contributed by atoms with van der Waals surface area (Å²) in [6.07, 6.45) is 4.78. The number of nitrogens with zero attached hydrogens (tertiary/aromatic N) is 6. The highest BCUT2D eigenvalue weighted by atomic mass is 16.1. The molecule has 4 heterocycles. The number of nitrogens with one attached hydrogen (secondary N) is 2. The second-order valence-corrected chi connectivity index (χ2v) is 6.36. The molecule has 1 atom stereocenters. The minimum atomic E-state index is -0.318. The lowest BCUT2D eigenvalue weighted by Gasteiger charge is -2.19. The standard InChI is InChI=1S/C19H16N8O/c1-12(24-17-15-16(21-10-20-15)22-11-23-17)18-25-26-9-5-8-14(26)19(28)27(18)13-6-3-2-4-7-13/h2-12H,1H3,(H2,20,21,22,23,24)/t12-/m0/s1. The molecule has 0 unspecified atom stereocenters. The molecule has 0 aliphatic carbocycles. The number of rotatable bonds is 4. The molecule has 0 bridgehead atoms. The van der Waals surface area contributed by atoms with Gasteiger partial charge in [-0.15, -0.1) is 0 Å². The summed E-state index contributed by atoms with van der Waals surface area (Å²) in [5.41, 5.74) is 2.40. The molecule has 0 aliphatic heterocycles. The van der Waals surface area contributed by atoms with Gasteiger partial charge in [-0.25, -0.2) is 19.5 Å². The summed E-state index contributed by atoms with van der Waals surface area (Å²) in [6, 6.07) is 12.7. The van der Waals surface area contributed by atoms with E-state index in [2.05, 4.69) is 30.4 Å². The molecule has 0 amide bonds. The van der Waals surface area contributed by atoms with Gasteiger partial charge in [0.2, 0.25) is 0 Å². The fourth-order valence-electron chi connectivity index (χ4n) is 3.25. The summed E-state index contributed by atoms with van der Waals surface area (Å²) in [7, 11) is 0. The molecule has 0 saturated carbocycles.